The average molecular weight is 901 g/mol. The summed E-state index contributed by atoms with van der Waals surface area (Å²) in [7, 11) is 0. The Morgan fingerprint density at radius 2 is 0.631 bits per heavy atom. The van der Waals surface area contributed by atoms with Crippen molar-refractivity contribution in [3.05, 3.63) is 109 Å². The molecular weight excluding hydrogens is 805 g/mol. The summed E-state index contributed by atoms with van der Waals surface area (Å²) >= 11 is 0. The van der Waals surface area contributed by atoms with Gasteiger partial charge in [0.05, 0.1) is 0 Å². The second kappa shape index (κ2) is 52.7. The molecule has 0 aliphatic rings. The van der Waals surface area contributed by atoms with Gasteiger partial charge in [0.25, 0.3) is 0 Å². The van der Waals surface area contributed by atoms with Crippen molar-refractivity contribution in [2.75, 3.05) is 13.2 Å². The zero-order chi connectivity index (χ0) is 47.2. The van der Waals surface area contributed by atoms with Gasteiger partial charge in [-0.3, -0.25) is 14.4 Å². The molecular formula is C59H96O6. The Morgan fingerprint density at radius 3 is 1.03 bits per heavy atom. The number of hydrogen-bond donors (Lipinski definition) is 0. The van der Waals surface area contributed by atoms with Crippen LogP contribution in [0.15, 0.2) is 109 Å². The van der Waals surface area contributed by atoms with Crippen LogP contribution in [0.25, 0.3) is 0 Å². The quantitative estimate of drug-likeness (QED) is 0.0262. The van der Waals surface area contributed by atoms with Crippen LogP contribution in [0.2, 0.25) is 0 Å². The van der Waals surface area contributed by atoms with Gasteiger partial charge >= 0.3 is 17.9 Å². The van der Waals surface area contributed by atoms with E-state index in [2.05, 4.69) is 112 Å². The summed E-state index contributed by atoms with van der Waals surface area (Å²) in [6.07, 6.45) is 71.0. The Morgan fingerprint density at radius 1 is 0.323 bits per heavy atom. The van der Waals surface area contributed by atoms with Crippen LogP contribution >= 0.6 is 0 Å². The van der Waals surface area contributed by atoms with Crippen molar-refractivity contribution in [1.82, 2.24) is 0 Å². The minimum atomic E-state index is -0.834. The highest BCUT2D eigenvalue weighted by Crippen LogP contribution is 2.13. The van der Waals surface area contributed by atoms with Gasteiger partial charge < -0.3 is 14.2 Å². The molecule has 0 saturated heterocycles. The van der Waals surface area contributed by atoms with Crippen molar-refractivity contribution in [3.63, 3.8) is 0 Å². The largest absolute Gasteiger partial charge is 0.462 e. The van der Waals surface area contributed by atoms with Crippen LogP contribution in [0.3, 0.4) is 0 Å². The van der Waals surface area contributed by atoms with E-state index in [9.17, 15) is 14.4 Å². The lowest BCUT2D eigenvalue weighted by molar-refractivity contribution is -0.166. The number of unbranched alkanes of at least 4 members (excludes halogenated alkanes) is 17. The summed E-state index contributed by atoms with van der Waals surface area (Å²) in [5, 5.41) is 0. The first kappa shape index (κ1) is 61.1. The third-order valence-electron chi connectivity index (χ3n) is 10.8. The van der Waals surface area contributed by atoms with E-state index in [1.807, 2.05) is 18.2 Å². The van der Waals surface area contributed by atoms with Gasteiger partial charge in [-0.2, -0.15) is 0 Å². The Labute approximate surface area is 400 Å². The maximum absolute atomic E-state index is 12.8. The fourth-order valence-corrected chi connectivity index (χ4v) is 6.81. The molecule has 0 amide bonds. The molecule has 0 aromatic carbocycles. The third kappa shape index (κ3) is 50.9. The fourth-order valence-electron chi connectivity index (χ4n) is 6.81. The fraction of sp³-hybridized carbons (Fsp3) is 0.644. The second-order valence-electron chi connectivity index (χ2n) is 17.0. The van der Waals surface area contributed by atoms with E-state index in [0.717, 1.165) is 70.6 Å². The average Bonchev–Trinajstić information content (AvgIpc) is 3.30. The SMILES string of the molecule is CC/C=C/C/C=C/C/C=C/C/C=C/C/C=C/C/C=C/CCC(=O)OCC(COC(=O)CC/C=C/C/C=C/CCCCCCCC)OC(=O)CCCCCCCCC/C=C/CCCCCC. The molecule has 0 spiro atoms. The molecule has 1 unspecified atom stereocenters. The summed E-state index contributed by atoms with van der Waals surface area (Å²) < 4.78 is 16.7. The molecule has 0 radical (unpaired) electrons. The predicted molar refractivity (Wildman–Crippen MR) is 279 cm³/mol. The van der Waals surface area contributed by atoms with Crippen molar-refractivity contribution in [2.45, 2.75) is 232 Å². The Kier molecular flexibility index (Phi) is 49.5. The molecule has 0 heterocycles. The molecule has 1 atom stereocenters. The van der Waals surface area contributed by atoms with Crippen LogP contribution in [0.1, 0.15) is 226 Å². The van der Waals surface area contributed by atoms with Crippen molar-refractivity contribution >= 4 is 17.9 Å². The molecule has 65 heavy (non-hydrogen) atoms. The molecule has 0 aliphatic carbocycles. The molecule has 0 aromatic rings. The number of esters is 3. The standard InChI is InChI=1S/C59H96O6/c1-4-7-10-13-16-19-22-25-27-28-29-30-32-34-37-40-43-46-49-52-58(61)64-55-56(54-63-57(60)51-48-45-42-39-36-33-24-21-18-15-12-9-6-3)65-59(62)53-50-47-44-41-38-35-31-26-23-20-17-14-11-8-5-2/h7,10,16,19-20,23,25,27,29-30,33-34,36-37,42-43,45-46,56H,4-6,8-9,11-15,17-18,21-22,24,26,28,31-32,35,38-41,44,47-55H2,1-3H3/b10-7+,19-16+,23-20+,27-25+,30-29+,36-33+,37-34+,45-42+,46-43+. The van der Waals surface area contributed by atoms with Crippen LogP contribution < -0.4 is 0 Å². The lowest BCUT2D eigenvalue weighted by Crippen LogP contribution is -2.30. The van der Waals surface area contributed by atoms with Crippen molar-refractivity contribution < 1.29 is 28.6 Å². The van der Waals surface area contributed by atoms with Crippen molar-refractivity contribution in [2.24, 2.45) is 0 Å². The number of ether oxygens (including phenoxy) is 3. The summed E-state index contributed by atoms with van der Waals surface area (Å²) in [4.78, 5) is 37.9. The van der Waals surface area contributed by atoms with E-state index in [-0.39, 0.29) is 44.0 Å². The molecule has 0 rings (SSSR count). The Hall–Kier alpha value is -3.93. The minimum Gasteiger partial charge on any atom is -0.462 e. The maximum atomic E-state index is 12.8. The topological polar surface area (TPSA) is 78.9 Å². The lowest BCUT2D eigenvalue weighted by Gasteiger charge is -2.18. The predicted octanol–water partition coefficient (Wildman–Crippen LogP) is 17.5. The number of carbonyl (C=O) groups is 3. The van der Waals surface area contributed by atoms with E-state index in [1.54, 1.807) is 0 Å². The minimum absolute atomic E-state index is 0.135. The van der Waals surface area contributed by atoms with Gasteiger partial charge in [0.2, 0.25) is 0 Å². The molecule has 368 valence electrons. The smallest absolute Gasteiger partial charge is 0.306 e. The zero-order valence-electron chi connectivity index (χ0n) is 42.0. The van der Waals surface area contributed by atoms with Crippen molar-refractivity contribution in [1.29, 1.82) is 0 Å². The highest BCUT2D eigenvalue weighted by Gasteiger charge is 2.19. The van der Waals surface area contributed by atoms with Gasteiger partial charge in [0, 0.05) is 19.3 Å². The zero-order valence-corrected chi connectivity index (χ0v) is 42.0. The third-order valence-corrected chi connectivity index (χ3v) is 10.8. The molecule has 0 bridgehead atoms. The number of rotatable bonds is 46. The first-order valence-corrected chi connectivity index (χ1v) is 26.4. The van der Waals surface area contributed by atoms with Gasteiger partial charge in [-0.1, -0.05) is 214 Å². The van der Waals surface area contributed by atoms with Gasteiger partial charge in [-0.25, -0.2) is 0 Å². The molecule has 0 aromatic heterocycles. The van der Waals surface area contributed by atoms with Gasteiger partial charge in [0.15, 0.2) is 6.10 Å². The van der Waals surface area contributed by atoms with Crippen LogP contribution in [-0.4, -0.2) is 37.2 Å². The van der Waals surface area contributed by atoms with E-state index < -0.39 is 6.10 Å². The molecule has 0 fully saturated rings. The molecule has 6 nitrogen and oxygen atoms in total. The van der Waals surface area contributed by atoms with E-state index >= 15 is 0 Å². The summed E-state index contributed by atoms with van der Waals surface area (Å²) in [5.74, 6) is -1.09. The Bertz CT molecular complexity index is 1360. The summed E-state index contributed by atoms with van der Waals surface area (Å²) in [6.45, 7) is 6.37. The molecule has 0 N–H and O–H groups in total. The first-order valence-electron chi connectivity index (χ1n) is 26.4. The molecule has 0 saturated carbocycles. The number of allylic oxidation sites excluding steroid dienone is 18. The monoisotopic (exact) mass is 901 g/mol. The van der Waals surface area contributed by atoms with Gasteiger partial charge in [0.1, 0.15) is 13.2 Å². The van der Waals surface area contributed by atoms with Gasteiger partial charge in [-0.05, 0) is 103 Å². The van der Waals surface area contributed by atoms with Crippen LogP contribution in [0.5, 0.6) is 0 Å². The summed E-state index contributed by atoms with van der Waals surface area (Å²) in [6, 6.07) is 0. The van der Waals surface area contributed by atoms with Crippen LogP contribution in [0.4, 0.5) is 0 Å². The van der Waals surface area contributed by atoms with E-state index in [1.165, 1.54) is 103 Å². The number of carbonyl (C=O) groups excluding carboxylic acids is 3. The highest BCUT2D eigenvalue weighted by molar-refractivity contribution is 5.71. The first-order chi connectivity index (χ1) is 32.0. The van der Waals surface area contributed by atoms with E-state index in [4.69, 9.17) is 14.2 Å². The maximum Gasteiger partial charge on any atom is 0.306 e. The normalized spacial score (nSPS) is 13.0. The molecule has 6 heteroatoms. The number of hydrogen-bond acceptors (Lipinski definition) is 6. The molecule has 0 aliphatic heterocycles. The second-order valence-corrected chi connectivity index (χ2v) is 17.0. The Balaban J connectivity index is 4.57. The summed E-state index contributed by atoms with van der Waals surface area (Å²) in [5.41, 5.74) is 0. The van der Waals surface area contributed by atoms with Gasteiger partial charge in [-0.15, -0.1) is 0 Å². The van der Waals surface area contributed by atoms with Crippen LogP contribution in [0, 0.1) is 0 Å². The van der Waals surface area contributed by atoms with Crippen LogP contribution in [-0.2, 0) is 28.6 Å². The van der Waals surface area contributed by atoms with Crippen molar-refractivity contribution in [3.8, 4) is 0 Å². The highest BCUT2D eigenvalue weighted by atomic mass is 16.6. The lowest BCUT2D eigenvalue weighted by atomic mass is 10.1. The van der Waals surface area contributed by atoms with E-state index in [0.29, 0.717) is 19.3 Å².